The van der Waals surface area contributed by atoms with Gasteiger partial charge in [0.1, 0.15) is 0 Å². The molecule has 0 unspecified atom stereocenters. The highest BCUT2D eigenvalue weighted by atomic mass is 14.2. The van der Waals surface area contributed by atoms with Gasteiger partial charge in [0.25, 0.3) is 0 Å². The molecular weight excluding hydrogens is 697 g/mol. The third-order valence-corrected chi connectivity index (χ3v) is 11.7. The Hall–Kier alpha value is -7.02. The fourth-order valence-corrected chi connectivity index (χ4v) is 8.64. The van der Waals surface area contributed by atoms with Crippen LogP contribution in [-0.2, 0) is 0 Å². The van der Waals surface area contributed by atoms with Crippen molar-refractivity contribution in [3.8, 4) is 89.0 Å². The lowest BCUT2D eigenvalue weighted by Crippen LogP contribution is -1.92. The first-order chi connectivity index (χ1) is 28.4. The molecule has 278 valence electrons. The first-order valence-electron chi connectivity index (χ1n) is 20.2. The summed E-state index contributed by atoms with van der Waals surface area (Å²) in [6, 6.07) is 75.3. The maximum absolute atomic E-state index is 2.34. The summed E-state index contributed by atoms with van der Waals surface area (Å²) in [5, 5.41) is 0. The minimum absolute atomic E-state index is 1.22. The quantitative estimate of drug-likeness (QED) is 0.145. The molecule has 0 aliphatic carbocycles. The minimum atomic E-state index is 1.22. The predicted octanol–water partition coefficient (Wildman–Crippen LogP) is 16.3. The van der Waals surface area contributed by atoms with Gasteiger partial charge >= 0.3 is 0 Å². The van der Waals surface area contributed by atoms with Crippen LogP contribution in [0.4, 0.5) is 0 Å². The largest absolute Gasteiger partial charge is 0.0622 e. The van der Waals surface area contributed by atoms with Crippen molar-refractivity contribution < 1.29 is 0 Å². The Kier molecular flexibility index (Phi) is 10.0. The van der Waals surface area contributed by atoms with Gasteiger partial charge in [0.05, 0.1) is 0 Å². The van der Waals surface area contributed by atoms with Crippen molar-refractivity contribution in [3.05, 3.63) is 229 Å². The molecule has 0 saturated heterocycles. The number of rotatable bonds is 8. The summed E-state index contributed by atoms with van der Waals surface area (Å²) in [5.41, 5.74) is 25.1. The lowest BCUT2D eigenvalue weighted by atomic mass is 9.88. The van der Waals surface area contributed by atoms with E-state index in [0.717, 1.165) is 0 Å². The molecule has 0 bridgehead atoms. The molecule has 0 amide bonds. The van der Waals surface area contributed by atoms with E-state index in [1.54, 1.807) is 0 Å². The van der Waals surface area contributed by atoms with E-state index in [0.29, 0.717) is 0 Å². The molecule has 0 N–H and O–H groups in total. The van der Waals surface area contributed by atoms with E-state index < -0.39 is 0 Å². The topological polar surface area (TPSA) is 0 Å². The van der Waals surface area contributed by atoms with Crippen LogP contribution in [-0.4, -0.2) is 0 Å². The molecule has 0 fully saturated rings. The maximum Gasteiger partial charge on any atom is -0.0105 e. The van der Waals surface area contributed by atoms with Crippen molar-refractivity contribution in [2.24, 2.45) is 0 Å². The van der Waals surface area contributed by atoms with Gasteiger partial charge in [-0.3, -0.25) is 0 Å². The second kappa shape index (κ2) is 15.8. The van der Waals surface area contributed by atoms with Crippen LogP contribution in [0.3, 0.4) is 0 Å². The summed E-state index contributed by atoms with van der Waals surface area (Å²) in [7, 11) is 0. The smallest absolute Gasteiger partial charge is 0.0105 e. The number of hydrogen-bond acceptors (Lipinski definition) is 0. The van der Waals surface area contributed by atoms with Crippen molar-refractivity contribution in [3.63, 3.8) is 0 Å². The lowest BCUT2D eigenvalue weighted by molar-refractivity contribution is 1.39. The molecule has 58 heavy (non-hydrogen) atoms. The monoisotopic (exact) mass is 742 g/mol. The van der Waals surface area contributed by atoms with Gasteiger partial charge in [0.15, 0.2) is 0 Å². The second-order valence-electron chi connectivity index (χ2n) is 15.5. The predicted molar refractivity (Wildman–Crippen MR) is 249 cm³/mol. The van der Waals surface area contributed by atoms with E-state index in [1.165, 1.54) is 111 Å². The summed E-state index contributed by atoms with van der Waals surface area (Å²) >= 11 is 0. The van der Waals surface area contributed by atoms with E-state index in [4.69, 9.17) is 0 Å². The molecule has 0 aliphatic rings. The van der Waals surface area contributed by atoms with Gasteiger partial charge in [0.2, 0.25) is 0 Å². The zero-order valence-electron chi connectivity index (χ0n) is 33.6. The number of benzene rings is 9. The molecule has 9 rings (SSSR count). The summed E-state index contributed by atoms with van der Waals surface area (Å²) in [5.74, 6) is 0. The van der Waals surface area contributed by atoms with Gasteiger partial charge in [-0.25, -0.2) is 0 Å². The van der Waals surface area contributed by atoms with Crippen molar-refractivity contribution in [1.29, 1.82) is 0 Å². The van der Waals surface area contributed by atoms with Crippen LogP contribution >= 0.6 is 0 Å². The second-order valence-corrected chi connectivity index (χ2v) is 15.5. The van der Waals surface area contributed by atoms with Crippen LogP contribution < -0.4 is 0 Å². The van der Waals surface area contributed by atoms with E-state index in [1.807, 2.05) is 0 Å². The van der Waals surface area contributed by atoms with Gasteiger partial charge in [-0.15, -0.1) is 0 Å². The molecule has 9 aromatic rings. The normalized spacial score (nSPS) is 11.1. The van der Waals surface area contributed by atoms with Crippen LogP contribution in [0.25, 0.3) is 89.0 Å². The van der Waals surface area contributed by atoms with Crippen molar-refractivity contribution >= 4 is 0 Å². The summed E-state index contributed by atoms with van der Waals surface area (Å²) in [6.07, 6.45) is 0. The van der Waals surface area contributed by atoms with E-state index in [-0.39, 0.29) is 0 Å². The Balaban J connectivity index is 0.957. The minimum Gasteiger partial charge on any atom is -0.0622 e. The van der Waals surface area contributed by atoms with Crippen molar-refractivity contribution in [2.45, 2.75) is 27.7 Å². The Bertz CT molecular complexity index is 2910. The standard InChI is InChI=1S/C58H46/c1-39-34-46(45-20-15-21-49(38-45)57-24-13-11-22-55(57)43-16-7-5-8-17-43)26-30-51(39)52-31-27-47(35-40(52)2)48-28-32-53(41(3)36-48)54-33-29-50(37-42(54)4)58-25-14-12-23-56(58)44-18-9-6-10-19-44/h5-38H,1-4H3. The summed E-state index contributed by atoms with van der Waals surface area (Å²) in [4.78, 5) is 0. The number of aryl methyl sites for hydroxylation is 4. The van der Waals surface area contributed by atoms with Crippen LogP contribution in [0.5, 0.6) is 0 Å². The molecule has 0 saturated carbocycles. The average molecular weight is 743 g/mol. The van der Waals surface area contributed by atoms with E-state index in [2.05, 4.69) is 234 Å². The molecule has 9 aromatic carbocycles. The Labute approximate surface area is 343 Å². The number of hydrogen-bond donors (Lipinski definition) is 0. The summed E-state index contributed by atoms with van der Waals surface area (Å²) < 4.78 is 0. The first-order valence-corrected chi connectivity index (χ1v) is 20.2. The van der Waals surface area contributed by atoms with Crippen LogP contribution in [0.1, 0.15) is 22.3 Å². The van der Waals surface area contributed by atoms with Crippen molar-refractivity contribution in [2.75, 3.05) is 0 Å². The molecule has 0 heterocycles. The molecule has 0 radical (unpaired) electrons. The molecule has 0 nitrogen and oxygen atoms in total. The fourth-order valence-electron chi connectivity index (χ4n) is 8.64. The molecule has 0 spiro atoms. The zero-order valence-corrected chi connectivity index (χ0v) is 33.6. The third kappa shape index (κ3) is 7.22. The van der Waals surface area contributed by atoms with Crippen LogP contribution in [0.2, 0.25) is 0 Å². The van der Waals surface area contributed by atoms with Gasteiger partial charge in [-0.1, -0.05) is 200 Å². The van der Waals surface area contributed by atoms with Crippen LogP contribution in [0, 0.1) is 27.7 Å². The lowest BCUT2D eigenvalue weighted by Gasteiger charge is -2.16. The molecule has 0 heteroatoms. The Morgan fingerprint density at radius 2 is 0.431 bits per heavy atom. The highest BCUT2D eigenvalue weighted by molar-refractivity contribution is 5.88. The van der Waals surface area contributed by atoms with E-state index in [9.17, 15) is 0 Å². The van der Waals surface area contributed by atoms with E-state index >= 15 is 0 Å². The fraction of sp³-hybridized carbons (Fsp3) is 0.0690. The van der Waals surface area contributed by atoms with Gasteiger partial charge in [-0.2, -0.15) is 0 Å². The summed E-state index contributed by atoms with van der Waals surface area (Å²) in [6.45, 7) is 8.94. The average Bonchev–Trinajstić information content (AvgIpc) is 3.27. The first kappa shape index (κ1) is 36.6. The van der Waals surface area contributed by atoms with Crippen LogP contribution in [0.15, 0.2) is 206 Å². The van der Waals surface area contributed by atoms with Gasteiger partial charge < -0.3 is 0 Å². The SMILES string of the molecule is Cc1cc(-c2cccc(-c3ccccc3-c3ccccc3)c2)ccc1-c1ccc(-c2ccc(-c3ccc(-c4ccccc4-c4ccccc4)cc3C)c(C)c2)cc1C. The Morgan fingerprint density at radius 3 is 0.810 bits per heavy atom. The zero-order chi connectivity index (χ0) is 39.6. The molecule has 0 aliphatic heterocycles. The Morgan fingerprint density at radius 1 is 0.172 bits per heavy atom. The van der Waals surface area contributed by atoms with Gasteiger partial charge in [-0.05, 0) is 145 Å². The third-order valence-electron chi connectivity index (χ3n) is 11.7. The molecule has 0 atom stereocenters. The molecular formula is C58H46. The molecule has 0 aromatic heterocycles. The van der Waals surface area contributed by atoms with Crippen molar-refractivity contribution in [1.82, 2.24) is 0 Å². The maximum atomic E-state index is 2.34. The van der Waals surface area contributed by atoms with Gasteiger partial charge in [0, 0.05) is 0 Å². The highest BCUT2D eigenvalue weighted by Gasteiger charge is 2.14. The highest BCUT2D eigenvalue weighted by Crippen LogP contribution is 2.39.